The monoisotopic (exact) mass is 269 g/mol. The minimum absolute atomic E-state index is 0.623. The van der Waals surface area contributed by atoms with Crippen LogP contribution in [0, 0.1) is 12.3 Å². The summed E-state index contributed by atoms with van der Waals surface area (Å²) in [6.45, 7) is 1.52. The topological polar surface area (TPSA) is 3.24 Å². The Morgan fingerprint density at radius 2 is 1.68 bits per heavy atom. The fourth-order valence-electron chi connectivity index (χ4n) is 1.96. The van der Waals surface area contributed by atoms with Gasteiger partial charge in [-0.3, -0.25) is 0 Å². The lowest BCUT2D eigenvalue weighted by Gasteiger charge is -2.22. The Hall–Kier alpha value is -1.91. The zero-order valence-corrected chi connectivity index (χ0v) is 11.5. The second-order valence-corrected chi connectivity index (χ2v) is 4.77. The van der Waals surface area contributed by atoms with Crippen molar-refractivity contribution in [2.45, 2.75) is 6.42 Å². The van der Waals surface area contributed by atoms with Gasteiger partial charge >= 0.3 is 0 Å². The maximum absolute atomic E-state index is 5.88. The van der Waals surface area contributed by atoms with Gasteiger partial charge in [-0.2, -0.15) is 0 Å². The largest absolute Gasteiger partial charge is 0.360 e. The van der Waals surface area contributed by atoms with E-state index in [1.54, 1.807) is 0 Å². The maximum Gasteiger partial charge on any atom is 0.0791 e. The first-order valence-corrected chi connectivity index (χ1v) is 6.65. The van der Waals surface area contributed by atoms with Gasteiger partial charge in [0.2, 0.25) is 0 Å². The quantitative estimate of drug-likeness (QED) is 0.741. The van der Waals surface area contributed by atoms with Gasteiger partial charge in [-0.05, 0) is 36.2 Å². The molecule has 0 amide bonds. The van der Waals surface area contributed by atoms with Crippen LogP contribution in [0.5, 0.6) is 0 Å². The molecular formula is C17H16ClN. The zero-order chi connectivity index (χ0) is 13.5. The first-order chi connectivity index (χ1) is 9.29. The first kappa shape index (κ1) is 13.5. The second-order valence-electron chi connectivity index (χ2n) is 4.34. The summed E-state index contributed by atoms with van der Waals surface area (Å²) < 4.78 is 0. The van der Waals surface area contributed by atoms with Crippen molar-refractivity contribution in [1.29, 1.82) is 0 Å². The van der Waals surface area contributed by atoms with Gasteiger partial charge in [-0.1, -0.05) is 47.9 Å². The third-order valence-electron chi connectivity index (χ3n) is 2.99. The van der Waals surface area contributed by atoms with Crippen molar-refractivity contribution >= 4 is 17.3 Å². The van der Waals surface area contributed by atoms with Gasteiger partial charge in [0.05, 0.1) is 6.54 Å². The molecule has 0 saturated carbocycles. The van der Waals surface area contributed by atoms with Crippen molar-refractivity contribution in [3.05, 3.63) is 65.2 Å². The summed E-state index contributed by atoms with van der Waals surface area (Å²) in [4.78, 5) is 2.20. The van der Waals surface area contributed by atoms with Crippen LogP contribution in [0.4, 0.5) is 5.69 Å². The highest BCUT2D eigenvalue weighted by Gasteiger charge is 2.04. The number of nitrogens with zero attached hydrogens (tertiary/aromatic N) is 1. The number of hydrogen-bond acceptors (Lipinski definition) is 1. The highest BCUT2D eigenvalue weighted by molar-refractivity contribution is 6.30. The van der Waals surface area contributed by atoms with Crippen molar-refractivity contribution in [2.75, 3.05) is 18.0 Å². The molecule has 2 heteroatoms. The van der Waals surface area contributed by atoms with Crippen molar-refractivity contribution in [3.8, 4) is 12.3 Å². The van der Waals surface area contributed by atoms with Crippen LogP contribution in [0.25, 0.3) is 0 Å². The number of halogens is 1. The third kappa shape index (κ3) is 4.05. The zero-order valence-electron chi connectivity index (χ0n) is 10.7. The van der Waals surface area contributed by atoms with Gasteiger partial charge in [-0.15, -0.1) is 6.42 Å². The SMILES string of the molecule is C#CCN(CCc1ccc(Cl)cc1)c1ccccc1. The molecule has 0 N–H and O–H groups in total. The van der Waals surface area contributed by atoms with Crippen LogP contribution in [0.1, 0.15) is 5.56 Å². The van der Waals surface area contributed by atoms with Crippen LogP contribution in [0.2, 0.25) is 5.02 Å². The normalized spacial score (nSPS) is 9.89. The molecule has 0 fully saturated rings. The van der Waals surface area contributed by atoms with E-state index < -0.39 is 0 Å². The fraction of sp³-hybridized carbons (Fsp3) is 0.176. The molecule has 0 atom stereocenters. The third-order valence-corrected chi connectivity index (χ3v) is 3.24. The first-order valence-electron chi connectivity index (χ1n) is 6.27. The van der Waals surface area contributed by atoms with Crippen LogP contribution in [-0.2, 0) is 6.42 Å². The lowest BCUT2D eigenvalue weighted by Crippen LogP contribution is -2.26. The maximum atomic E-state index is 5.88. The van der Waals surface area contributed by atoms with E-state index in [9.17, 15) is 0 Å². The van der Waals surface area contributed by atoms with Crippen LogP contribution >= 0.6 is 11.6 Å². The van der Waals surface area contributed by atoms with Gasteiger partial charge in [-0.25, -0.2) is 0 Å². The van der Waals surface area contributed by atoms with E-state index in [0.29, 0.717) is 6.54 Å². The molecule has 0 aromatic heterocycles. The summed E-state index contributed by atoms with van der Waals surface area (Å²) >= 11 is 5.88. The minimum Gasteiger partial charge on any atom is -0.360 e. The van der Waals surface area contributed by atoms with Gasteiger partial charge in [0.1, 0.15) is 0 Å². The van der Waals surface area contributed by atoms with E-state index >= 15 is 0 Å². The number of hydrogen-bond donors (Lipinski definition) is 0. The molecule has 1 nitrogen and oxygen atoms in total. The van der Waals surface area contributed by atoms with E-state index in [0.717, 1.165) is 23.7 Å². The summed E-state index contributed by atoms with van der Waals surface area (Å²) in [5.74, 6) is 2.72. The summed E-state index contributed by atoms with van der Waals surface area (Å²) in [7, 11) is 0. The summed E-state index contributed by atoms with van der Waals surface area (Å²) in [5.41, 5.74) is 2.43. The Bertz CT molecular complexity index is 540. The van der Waals surface area contributed by atoms with Crippen molar-refractivity contribution < 1.29 is 0 Å². The van der Waals surface area contributed by atoms with Crippen molar-refractivity contribution in [2.24, 2.45) is 0 Å². The number of terminal acetylenes is 1. The van der Waals surface area contributed by atoms with Gasteiger partial charge in [0.25, 0.3) is 0 Å². The molecule has 96 valence electrons. The van der Waals surface area contributed by atoms with Crippen LogP contribution in [-0.4, -0.2) is 13.1 Å². The van der Waals surface area contributed by atoms with E-state index in [-0.39, 0.29) is 0 Å². The highest BCUT2D eigenvalue weighted by atomic mass is 35.5. The summed E-state index contributed by atoms with van der Waals surface area (Å²) in [6, 6.07) is 18.2. The fourth-order valence-corrected chi connectivity index (χ4v) is 2.09. The van der Waals surface area contributed by atoms with E-state index in [1.165, 1.54) is 5.56 Å². The summed E-state index contributed by atoms with van der Waals surface area (Å²) in [6.07, 6.45) is 6.40. The molecule has 0 bridgehead atoms. The molecule has 19 heavy (non-hydrogen) atoms. The van der Waals surface area contributed by atoms with E-state index in [2.05, 4.69) is 35.1 Å². The number of rotatable bonds is 5. The number of benzene rings is 2. The molecule has 0 saturated heterocycles. The average molecular weight is 270 g/mol. The standard InChI is InChI=1S/C17H16ClN/c1-2-13-19(17-6-4-3-5-7-17)14-12-15-8-10-16(18)11-9-15/h1,3-11H,12-14H2. The minimum atomic E-state index is 0.623. The molecule has 0 radical (unpaired) electrons. The molecule has 0 unspecified atom stereocenters. The molecule has 2 aromatic carbocycles. The molecule has 0 spiro atoms. The predicted octanol–water partition coefficient (Wildman–Crippen LogP) is 4.02. The predicted molar refractivity (Wildman–Crippen MR) is 82.6 cm³/mol. The highest BCUT2D eigenvalue weighted by Crippen LogP contribution is 2.15. The molecule has 0 heterocycles. The smallest absolute Gasteiger partial charge is 0.0791 e. The molecule has 0 aliphatic heterocycles. The Labute approximate surface area is 119 Å². The van der Waals surface area contributed by atoms with E-state index in [1.807, 2.05) is 30.3 Å². The lowest BCUT2D eigenvalue weighted by molar-refractivity contribution is 0.844. The van der Waals surface area contributed by atoms with Gasteiger partial charge in [0, 0.05) is 17.3 Å². The Balaban J connectivity index is 2.02. The molecular weight excluding hydrogens is 254 g/mol. The Kier molecular flexibility index (Phi) is 4.89. The molecule has 0 aliphatic rings. The van der Waals surface area contributed by atoms with Gasteiger partial charge < -0.3 is 4.90 Å². The summed E-state index contributed by atoms with van der Waals surface area (Å²) in [5, 5.41) is 0.771. The van der Waals surface area contributed by atoms with Crippen LogP contribution < -0.4 is 4.90 Å². The van der Waals surface area contributed by atoms with Gasteiger partial charge in [0.15, 0.2) is 0 Å². The number of para-hydroxylation sites is 1. The number of anilines is 1. The molecule has 0 aliphatic carbocycles. The van der Waals surface area contributed by atoms with Crippen LogP contribution in [0.3, 0.4) is 0 Å². The van der Waals surface area contributed by atoms with E-state index in [4.69, 9.17) is 18.0 Å². The lowest BCUT2D eigenvalue weighted by atomic mass is 10.1. The second kappa shape index (κ2) is 6.87. The average Bonchev–Trinajstić information content (AvgIpc) is 2.46. The Morgan fingerprint density at radius 1 is 1.00 bits per heavy atom. The van der Waals surface area contributed by atoms with Crippen LogP contribution in [0.15, 0.2) is 54.6 Å². The molecule has 2 rings (SSSR count). The molecule has 2 aromatic rings. The van der Waals surface area contributed by atoms with Crippen molar-refractivity contribution in [3.63, 3.8) is 0 Å². The Morgan fingerprint density at radius 3 is 2.32 bits per heavy atom. The van der Waals surface area contributed by atoms with Crippen molar-refractivity contribution in [1.82, 2.24) is 0 Å².